The number of nitrogens with one attached hydrogen (secondary N) is 1. The topological polar surface area (TPSA) is 88.2 Å². The molecule has 1 N–H and O–H groups in total. The van der Waals surface area contributed by atoms with E-state index in [0.717, 1.165) is 32.8 Å². The molecule has 2 aliphatic rings. The highest BCUT2D eigenvalue weighted by atomic mass is 16.7. The van der Waals surface area contributed by atoms with Gasteiger partial charge < -0.3 is 4.74 Å². The van der Waals surface area contributed by atoms with E-state index in [1.165, 1.54) is 4.90 Å². The largest absolute Gasteiger partial charge is 0.379 e. The van der Waals surface area contributed by atoms with Crippen LogP contribution in [0.1, 0.15) is 33.6 Å². The zero-order valence-corrected chi connectivity index (χ0v) is 14.6. The van der Waals surface area contributed by atoms with Gasteiger partial charge in [0.15, 0.2) is 0 Å². The van der Waals surface area contributed by atoms with Crippen LogP contribution in [0.2, 0.25) is 0 Å². The van der Waals surface area contributed by atoms with Crippen LogP contribution in [0.25, 0.3) is 0 Å². The van der Waals surface area contributed by atoms with Crippen molar-refractivity contribution in [3.8, 4) is 0 Å². The molecule has 0 saturated carbocycles. The number of nitrogens with zero attached hydrogens (tertiary/aromatic N) is 2. The fourth-order valence-electron chi connectivity index (χ4n) is 3.02. The van der Waals surface area contributed by atoms with E-state index in [4.69, 9.17) is 9.57 Å². The molecule has 1 saturated heterocycles. The van der Waals surface area contributed by atoms with E-state index in [-0.39, 0.29) is 30.7 Å². The van der Waals surface area contributed by atoms with Crippen LogP contribution < -0.4 is 5.48 Å². The molecule has 1 aromatic carbocycles. The van der Waals surface area contributed by atoms with Crippen molar-refractivity contribution in [2.75, 3.05) is 46.0 Å². The molecule has 0 bridgehead atoms. The van der Waals surface area contributed by atoms with Gasteiger partial charge in [0.25, 0.3) is 11.8 Å². The zero-order valence-electron chi connectivity index (χ0n) is 14.6. The molecule has 3 amide bonds. The maximum Gasteiger partial charge on any atom is 0.261 e. The summed E-state index contributed by atoms with van der Waals surface area (Å²) in [6.45, 7) is 4.56. The maximum atomic E-state index is 12.2. The molecule has 2 aliphatic heterocycles. The van der Waals surface area contributed by atoms with E-state index >= 15 is 0 Å². The van der Waals surface area contributed by atoms with Crippen molar-refractivity contribution in [1.29, 1.82) is 0 Å². The molecule has 0 radical (unpaired) electrons. The molecule has 0 atom stereocenters. The highest BCUT2D eigenvalue weighted by molar-refractivity contribution is 6.21. The summed E-state index contributed by atoms with van der Waals surface area (Å²) in [6.07, 6.45) is 0.578. The number of carbonyl (C=O) groups excluding carboxylic acids is 3. The van der Waals surface area contributed by atoms with Gasteiger partial charge >= 0.3 is 0 Å². The number of benzene rings is 1. The van der Waals surface area contributed by atoms with Crippen LogP contribution in [-0.2, 0) is 14.4 Å². The van der Waals surface area contributed by atoms with Crippen molar-refractivity contribution in [3.63, 3.8) is 0 Å². The second-order valence-corrected chi connectivity index (χ2v) is 6.24. The first-order valence-corrected chi connectivity index (χ1v) is 8.83. The smallest absolute Gasteiger partial charge is 0.261 e. The Kier molecular flexibility index (Phi) is 6.32. The van der Waals surface area contributed by atoms with Crippen LogP contribution in [0.15, 0.2) is 24.3 Å². The molecular weight excluding hydrogens is 338 g/mol. The Morgan fingerprint density at radius 3 is 2.38 bits per heavy atom. The second kappa shape index (κ2) is 8.88. The Hall–Kier alpha value is -2.29. The lowest BCUT2D eigenvalue weighted by Gasteiger charge is -2.26. The zero-order chi connectivity index (χ0) is 18.4. The first kappa shape index (κ1) is 18.5. The number of morpholine rings is 1. The van der Waals surface area contributed by atoms with Gasteiger partial charge in [0.05, 0.1) is 30.9 Å². The number of hydrogen-bond acceptors (Lipinski definition) is 6. The number of hydroxylamine groups is 1. The van der Waals surface area contributed by atoms with E-state index in [0.29, 0.717) is 24.2 Å². The summed E-state index contributed by atoms with van der Waals surface area (Å²) in [7, 11) is 0. The predicted octanol–water partition coefficient (Wildman–Crippen LogP) is 0.443. The van der Waals surface area contributed by atoms with Gasteiger partial charge in [-0.1, -0.05) is 12.1 Å². The average Bonchev–Trinajstić information content (AvgIpc) is 2.91. The lowest BCUT2D eigenvalue weighted by Crippen LogP contribution is -2.39. The molecule has 140 valence electrons. The van der Waals surface area contributed by atoms with Gasteiger partial charge in [-0.2, -0.15) is 0 Å². The fourth-order valence-corrected chi connectivity index (χ4v) is 3.02. The molecule has 26 heavy (non-hydrogen) atoms. The minimum absolute atomic E-state index is 0.185. The van der Waals surface area contributed by atoms with Crippen molar-refractivity contribution in [2.45, 2.75) is 12.8 Å². The lowest BCUT2D eigenvalue weighted by atomic mass is 10.1. The minimum Gasteiger partial charge on any atom is -0.379 e. The first-order chi connectivity index (χ1) is 12.7. The van der Waals surface area contributed by atoms with Crippen LogP contribution >= 0.6 is 0 Å². The van der Waals surface area contributed by atoms with Crippen molar-refractivity contribution in [2.24, 2.45) is 0 Å². The quantitative estimate of drug-likeness (QED) is 0.411. The molecule has 3 rings (SSSR count). The summed E-state index contributed by atoms with van der Waals surface area (Å²) in [5, 5.41) is 0. The molecule has 0 unspecified atom stereocenters. The number of imide groups is 1. The molecule has 1 aromatic rings. The third kappa shape index (κ3) is 4.46. The Bertz CT molecular complexity index is 638. The fraction of sp³-hybridized carbons (Fsp3) is 0.500. The van der Waals surface area contributed by atoms with Gasteiger partial charge in [-0.15, -0.1) is 0 Å². The number of rotatable bonds is 8. The molecule has 2 heterocycles. The first-order valence-electron chi connectivity index (χ1n) is 8.83. The summed E-state index contributed by atoms with van der Waals surface area (Å²) in [4.78, 5) is 44.8. The number of ether oxygens (including phenoxy) is 1. The van der Waals surface area contributed by atoms with Gasteiger partial charge in [-0.25, -0.2) is 5.48 Å². The predicted molar refractivity (Wildman–Crippen MR) is 92.4 cm³/mol. The van der Waals surface area contributed by atoms with Gasteiger partial charge in [0.1, 0.15) is 0 Å². The molecule has 0 spiro atoms. The SMILES string of the molecule is O=C(CCCN1C(=O)c2ccccc2C1=O)NOCCN1CCOCC1. The van der Waals surface area contributed by atoms with Crippen molar-refractivity contribution in [3.05, 3.63) is 35.4 Å². The van der Waals surface area contributed by atoms with Crippen molar-refractivity contribution < 1.29 is 24.0 Å². The minimum atomic E-state index is -0.298. The third-order valence-electron chi connectivity index (χ3n) is 4.46. The molecule has 1 fully saturated rings. The number of amides is 3. The molecular formula is C18H23N3O5. The van der Waals surface area contributed by atoms with Crippen LogP contribution in [0.4, 0.5) is 0 Å². The van der Waals surface area contributed by atoms with Crippen LogP contribution in [0, 0.1) is 0 Å². The highest BCUT2D eigenvalue weighted by Crippen LogP contribution is 2.22. The molecule has 8 nitrogen and oxygen atoms in total. The van der Waals surface area contributed by atoms with Crippen molar-refractivity contribution in [1.82, 2.24) is 15.3 Å². The van der Waals surface area contributed by atoms with Gasteiger partial charge in [0, 0.05) is 32.6 Å². The van der Waals surface area contributed by atoms with E-state index in [1.54, 1.807) is 24.3 Å². The van der Waals surface area contributed by atoms with Crippen molar-refractivity contribution >= 4 is 17.7 Å². The van der Waals surface area contributed by atoms with Crippen LogP contribution in [0.3, 0.4) is 0 Å². The Labute approximate surface area is 152 Å². The summed E-state index contributed by atoms with van der Waals surface area (Å²) in [6, 6.07) is 6.75. The molecule has 8 heteroatoms. The summed E-state index contributed by atoms with van der Waals surface area (Å²) in [5.41, 5.74) is 3.25. The Morgan fingerprint density at radius 2 is 1.73 bits per heavy atom. The normalized spacial score (nSPS) is 17.5. The number of hydrogen-bond donors (Lipinski definition) is 1. The van der Waals surface area contributed by atoms with Gasteiger partial charge in [-0.3, -0.25) is 29.0 Å². The average molecular weight is 361 g/mol. The summed E-state index contributed by atoms with van der Waals surface area (Å²) < 4.78 is 5.26. The van der Waals surface area contributed by atoms with E-state index in [9.17, 15) is 14.4 Å². The van der Waals surface area contributed by atoms with E-state index in [1.807, 2.05) is 0 Å². The van der Waals surface area contributed by atoms with Crippen LogP contribution in [-0.4, -0.2) is 73.5 Å². The second-order valence-electron chi connectivity index (χ2n) is 6.24. The lowest BCUT2D eigenvalue weighted by molar-refractivity contribution is -0.134. The Morgan fingerprint density at radius 1 is 1.08 bits per heavy atom. The highest BCUT2D eigenvalue weighted by Gasteiger charge is 2.34. The van der Waals surface area contributed by atoms with E-state index < -0.39 is 0 Å². The van der Waals surface area contributed by atoms with Gasteiger partial charge in [-0.05, 0) is 18.6 Å². The third-order valence-corrected chi connectivity index (χ3v) is 4.46. The standard InChI is InChI=1S/C18H23N3O5/c22-16(19-26-13-10-20-8-11-25-12-9-20)6-3-7-21-17(23)14-4-1-2-5-15(14)18(21)24/h1-2,4-5H,3,6-13H2,(H,19,22). The molecule has 0 aromatic heterocycles. The van der Waals surface area contributed by atoms with E-state index in [2.05, 4.69) is 10.4 Å². The number of carbonyl (C=O) groups is 3. The Balaban J connectivity index is 1.32. The van der Waals surface area contributed by atoms with Crippen LogP contribution in [0.5, 0.6) is 0 Å². The monoisotopic (exact) mass is 361 g/mol. The van der Waals surface area contributed by atoms with Gasteiger partial charge in [0.2, 0.25) is 5.91 Å². The summed E-state index contributed by atoms with van der Waals surface area (Å²) in [5.74, 6) is -0.857. The number of fused-ring (bicyclic) bond motifs is 1. The maximum absolute atomic E-state index is 12.2. The molecule has 0 aliphatic carbocycles. The summed E-state index contributed by atoms with van der Waals surface area (Å²) >= 11 is 0.